The minimum Gasteiger partial charge on any atom is -0.494 e. The molecule has 0 unspecified atom stereocenters. The molecule has 0 aliphatic rings. The summed E-state index contributed by atoms with van der Waals surface area (Å²) in [7, 11) is -1.31. The first kappa shape index (κ1) is 27.4. The lowest BCUT2D eigenvalue weighted by Crippen LogP contribution is -2.40. The topological polar surface area (TPSA) is 94.2 Å². The molecule has 0 atom stereocenters. The molecule has 0 saturated heterocycles. The van der Waals surface area contributed by atoms with Crippen LogP contribution in [0.2, 0.25) is 10.0 Å². The Hall–Kier alpha value is -3.14. The summed E-state index contributed by atoms with van der Waals surface area (Å²) in [5.41, 5.74) is 0.928. The molecule has 0 saturated carbocycles. The van der Waals surface area contributed by atoms with Crippen molar-refractivity contribution in [1.82, 2.24) is 5.32 Å². The molecule has 0 spiro atoms. The lowest BCUT2D eigenvalue weighted by Gasteiger charge is -2.25. The number of methoxy groups -OCH3 is 2. The van der Waals surface area contributed by atoms with E-state index in [1.165, 1.54) is 32.4 Å². The van der Waals surface area contributed by atoms with Crippen LogP contribution >= 0.6 is 23.2 Å². The van der Waals surface area contributed by atoms with Crippen LogP contribution in [0.25, 0.3) is 0 Å². The van der Waals surface area contributed by atoms with Gasteiger partial charge in [-0.15, -0.1) is 0 Å². The zero-order valence-corrected chi connectivity index (χ0v) is 22.3. The summed E-state index contributed by atoms with van der Waals surface area (Å²) in [6.07, 6.45) is 0. The first-order chi connectivity index (χ1) is 17.2. The van der Waals surface area contributed by atoms with E-state index in [0.29, 0.717) is 33.7 Å². The van der Waals surface area contributed by atoms with Gasteiger partial charge in [0.1, 0.15) is 12.3 Å². The molecule has 1 N–H and O–H groups in total. The van der Waals surface area contributed by atoms with Crippen LogP contribution < -0.4 is 23.8 Å². The molecule has 0 fully saturated rings. The van der Waals surface area contributed by atoms with E-state index in [4.69, 9.17) is 37.4 Å². The lowest BCUT2D eigenvalue weighted by atomic mass is 10.2. The van der Waals surface area contributed by atoms with Gasteiger partial charge in [-0.3, -0.25) is 9.10 Å². The highest BCUT2D eigenvalue weighted by atomic mass is 35.5. The summed E-state index contributed by atoms with van der Waals surface area (Å²) in [5, 5.41) is 3.58. The van der Waals surface area contributed by atoms with Crippen molar-refractivity contribution in [3.05, 3.63) is 76.3 Å². The summed E-state index contributed by atoms with van der Waals surface area (Å²) in [6, 6.07) is 15.6. The Morgan fingerprint density at radius 1 is 0.944 bits per heavy atom. The molecule has 11 heteroatoms. The third kappa shape index (κ3) is 6.54. The van der Waals surface area contributed by atoms with Gasteiger partial charge in [0, 0.05) is 22.7 Å². The van der Waals surface area contributed by atoms with Crippen molar-refractivity contribution in [1.29, 1.82) is 0 Å². The number of halogens is 2. The fraction of sp³-hybridized carbons (Fsp3) is 0.240. The molecule has 8 nitrogen and oxygen atoms in total. The van der Waals surface area contributed by atoms with Gasteiger partial charge in [0.15, 0.2) is 11.5 Å². The summed E-state index contributed by atoms with van der Waals surface area (Å²) in [6.45, 7) is 1.93. The lowest BCUT2D eigenvalue weighted by molar-refractivity contribution is -0.119. The minimum absolute atomic E-state index is 0.0671. The van der Waals surface area contributed by atoms with E-state index in [0.717, 1.165) is 4.31 Å². The van der Waals surface area contributed by atoms with Gasteiger partial charge in [-0.05, 0) is 61.0 Å². The molecule has 0 aliphatic carbocycles. The average molecular weight is 553 g/mol. The standard InChI is InChI=1S/C25H26Cl2N2O6S/c1-4-35-20-9-7-19(8-10-20)29(16-25(30)28-15-17-5-6-18(26)13-22(17)27)36(31,32)21-11-12-23(33-2)24(14-21)34-3/h5-14H,4,15-16H2,1-3H3,(H,28,30). The third-order valence-electron chi connectivity index (χ3n) is 5.16. The number of hydrogen-bond donors (Lipinski definition) is 1. The third-order valence-corrected chi connectivity index (χ3v) is 7.51. The SMILES string of the molecule is CCOc1ccc(N(CC(=O)NCc2ccc(Cl)cc2Cl)S(=O)(=O)c2ccc(OC)c(OC)c2)cc1. The maximum atomic E-state index is 13.7. The van der Waals surface area contributed by atoms with Crippen molar-refractivity contribution in [3.63, 3.8) is 0 Å². The van der Waals surface area contributed by atoms with Crippen molar-refractivity contribution in [2.75, 3.05) is 31.7 Å². The largest absolute Gasteiger partial charge is 0.494 e. The second kappa shape index (κ2) is 12.2. The Morgan fingerprint density at radius 3 is 2.25 bits per heavy atom. The molecule has 3 rings (SSSR count). The molecule has 0 aromatic heterocycles. The molecule has 0 bridgehead atoms. The van der Waals surface area contributed by atoms with Crippen molar-refractivity contribution in [2.24, 2.45) is 0 Å². The molecule has 36 heavy (non-hydrogen) atoms. The van der Waals surface area contributed by atoms with Crippen LogP contribution in [-0.4, -0.2) is 41.7 Å². The van der Waals surface area contributed by atoms with Crippen LogP contribution in [0, 0.1) is 0 Å². The number of anilines is 1. The molecule has 0 heterocycles. The van der Waals surface area contributed by atoms with E-state index in [1.807, 2.05) is 6.92 Å². The Balaban J connectivity index is 1.92. The summed E-state index contributed by atoms with van der Waals surface area (Å²) < 4.78 is 44.3. The van der Waals surface area contributed by atoms with Gasteiger partial charge in [-0.1, -0.05) is 29.3 Å². The molecular weight excluding hydrogens is 527 g/mol. The van der Waals surface area contributed by atoms with Crippen LogP contribution in [0.3, 0.4) is 0 Å². The van der Waals surface area contributed by atoms with Crippen molar-refractivity contribution in [2.45, 2.75) is 18.4 Å². The fourth-order valence-electron chi connectivity index (χ4n) is 3.34. The number of amides is 1. The second-order valence-electron chi connectivity index (χ2n) is 7.47. The summed E-state index contributed by atoms with van der Waals surface area (Å²) in [4.78, 5) is 12.8. The summed E-state index contributed by atoms with van der Waals surface area (Å²) in [5.74, 6) is 0.666. The van der Waals surface area contributed by atoms with E-state index in [9.17, 15) is 13.2 Å². The van der Waals surface area contributed by atoms with Crippen molar-refractivity contribution in [3.8, 4) is 17.2 Å². The van der Waals surface area contributed by atoms with E-state index in [1.54, 1.807) is 42.5 Å². The van der Waals surface area contributed by atoms with Crippen LogP contribution in [0.1, 0.15) is 12.5 Å². The van der Waals surface area contributed by atoms with Gasteiger partial charge in [-0.2, -0.15) is 0 Å². The van der Waals surface area contributed by atoms with Gasteiger partial charge in [0.25, 0.3) is 10.0 Å². The number of nitrogens with zero attached hydrogens (tertiary/aromatic N) is 1. The highest BCUT2D eigenvalue weighted by molar-refractivity contribution is 7.92. The van der Waals surface area contributed by atoms with Crippen LogP contribution in [-0.2, 0) is 21.4 Å². The number of hydrogen-bond acceptors (Lipinski definition) is 6. The molecule has 3 aromatic rings. The van der Waals surface area contributed by atoms with Crippen LogP contribution in [0.4, 0.5) is 5.69 Å². The first-order valence-electron chi connectivity index (χ1n) is 10.9. The zero-order chi connectivity index (χ0) is 26.3. The van der Waals surface area contributed by atoms with E-state index in [2.05, 4.69) is 5.32 Å². The zero-order valence-electron chi connectivity index (χ0n) is 20.0. The van der Waals surface area contributed by atoms with Gasteiger partial charge >= 0.3 is 0 Å². The van der Waals surface area contributed by atoms with Crippen LogP contribution in [0.5, 0.6) is 17.2 Å². The second-order valence-corrected chi connectivity index (χ2v) is 10.2. The quantitative estimate of drug-likeness (QED) is 0.362. The highest BCUT2D eigenvalue weighted by Gasteiger charge is 2.28. The predicted octanol–water partition coefficient (Wildman–Crippen LogP) is 4.92. The monoisotopic (exact) mass is 552 g/mol. The average Bonchev–Trinajstić information content (AvgIpc) is 2.87. The Kier molecular flexibility index (Phi) is 9.31. The molecule has 3 aromatic carbocycles. The number of nitrogens with one attached hydrogen (secondary N) is 1. The molecular formula is C25H26Cl2N2O6S. The van der Waals surface area contributed by atoms with E-state index >= 15 is 0 Å². The smallest absolute Gasteiger partial charge is 0.264 e. The first-order valence-corrected chi connectivity index (χ1v) is 13.1. The fourth-order valence-corrected chi connectivity index (χ4v) is 5.25. The number of carbonyl (C=O) groups is 1. The molecule has 0 radical (unpaired) electrons. The number of carbonyl (C=O) groups excluding carboxylic acids is 1. The predicted molar refractivity (Wildman–Crippen MR) is 140 cm³/mol. The number of benzene rings is 3. The highest BCUT2D eigenvalue weighted by Crippen LogP contribution is 2.32. The normalized spacial score (nSPS) is 11.0. The maximum absolute atomic E-state index is 13.7. The van der Waals surface area contributed by atoms with Crippen molar-refractivity contribution >= 4 is 44.8 Å². The van der Waals surface area contributed by atoms with Gasteiger partial charge in [0.2, 0.25) is 5.91 Å². The summed E-state index contributed by atoms with van der Waals surface area (Å²) >= 11 is 12.1. The van der Waals surface area contributed by atoms with Gasteiger partial charge in [0.05, 0.1) is 31.4 Å². The van der Waals surface area contributed by atoms with Crippen molar-refractivity contribution < 1.29 is 27.4 Å². The van der Waals surface area contributed by atoms with E-state index < -0.39 is 22.5 Å². The Bertz CT molecular complexity index is 1320. The van der Waals surface area contributed by atoms with Gasteiger partial charge < -0.3 is 19.5 Å². The number of ether oxygens (including phenoxy) is 3. The van der Waals surface area contributed by atoms with Crippen LogP contribution in [0.15, 0.2) is 65.6 Å². The van der Waals surface area contributed by atoms with E-state index in [-0.39, 0.29) is 22.9 Å². The minimum atomic E-state index is -4.18. The Morgan fingerprint density at radius 2 is 1.64 bits per heavy atom. The van der Waals surface area contributed by atoms with Gasteiger partial charge in [-0.25, -0.2) is 8.42 Å². The molecule has 1 amide bonds. The Labute approximate surface area is 220 Å². The number of rotatable bonds is 11. The molecule has 192 valence electrons. The number of sulfonamides is 1. The molecule has 0 aliphatic heterocycles. The maximum Gasteiger partial charge on any atom is 0.264 e.